The third-order valence-electron chi connectivity index (χ3n) is 4.36. The monoisotopic (exact) mass is 252 g/mol. The van der Waals surface area contributed by atoms with Crippen LogP contribution in [-0.4, -0.2) is 13.2 Å². The summed E-state index contributed by atoms with van der Waals surface area (Å²) < 4.78 is 11.4. The summed E-state index contributed by atoms with van der Waals surface area (Å²) in [6.07, 6.45) is 3.29. The van der Waals surface area contributed by atoms with Crippen molar-refractivity contribution < 1.29 is 9.47 Å². The number of nitriles is 2. The Kier molecular flexibility index (Phi) is 1.93. The van der Waals surface area contributed by atoms with Crippen LogP contribution in [0.5, 0.6) is 11.5 Å². The van der Waals surface area contributed by atoms with Gasteiger partial charge in [-0.1, -0.05) is 0 Å². The van der Waals surface area contributed by atoms with Crippen LogP contribution in [0.15, 0.2) is 0 Å². The summed E-state index contributed by atoms with van der Waals surface area (Å²) in [6, 6.07) is 4.70. The van der Waals surface area contributed by atoms with Crippen LogP contribution in [0.25, 0.3) is 0 Å². The molecule has 0 unspecified atom stereocenters. The van der Waals surface area contributed by atoms with Gasteiger partial charge in [-0.2, -0.15) is 10.5 Å². The third kappa shape index (κ3) is 1.21. The summed E-state index contributed by atoms with van der Waals surface area (Å²) >= 11 is 0. The SMILES string of the molecule is N#Cc1c2c(c(C3(C#N)CC3)c3c1OCC3)OCC2. The van der Waals surface area contributed by atoms with E-state index in [2.05, 4.69) is 12.1 Å². The Balaban J connectivity index is 2.08. The molecule has 2 heterocycles. The van der Waals surface area contributed by atoms with Crippen LogP contribution in [0.2, 0.25) is 0 Å². The Hall–Kier alpha value is -2.20. The maximum atomic E-state index is 9.49. The molecule has 4 heteroatoms. The minimum Gasteiger partial charge on any atom is -0.493 e. The molecule has 2 aliphatic heterocycles. The fraction of sp³-hybridized carbons (Fsp3) is 0.467. The molecule has 0 spiro atoms. The van der Waals surface area contributed by atoms with Crippen molar-refractivity contribution >= 4 is 0 Å². The lowest BCUT2D eigenvalue weighted by atomic mass is 9.86. The van der Waals surface area contributed by atoms with Gasteiger partial charge in [-0.15, -0.1) is 0 Å². The number of hydrogen-bond acceptors (Lipinski definition) is 4. The van der Waals surface area contributed by atoms with E-state index >= 15 is 0 Å². The van der Waals surface area contributed by atoms with Crippen LogP contribution in [0.1, 0.15) is 35.1 Å². The summed E-state index contributed by atoms with van der Waals surface area (Å²) in [7, 11) is 0. The van der Waals surface area contributed by atoms with Crippen molar-refractivity contribution in [2.24, 2.45) is 0 Å². The molecule has 1 saturated carbocycles. The number of hydrogen-bond donors (Lipinski definition) is 0. The van der Waals surface area contributed by atoms with E-state index in [4.69, 9.17) is 9.47 Å². The van der Waals surface area contributed by atoms with Crippen molar-refractivity contribution in [3.63, 3.8) is 0 Å². The molecule has 0 atom stereocenters. The second-order valence-electron chi connectivity index (χ2n) is 5.37. The number of ether oxygens (including phenoxy) is 2. The van der Waals surface area contributed by atoms with Crippen molar-refractivity contribution in [3.05, 3.63) is 22.3 Å². The molecule has 1 aliphatic carbocycles. The van der Waals surface area contributed by atoms with Crippen molar-refractivity contribution in [3.8, 4) is 23.6 Å². The van der Waals surface area contributed by atoms with E-state index in [-0.39, 0.29) is 5.41 Å². The zero-order chi connectivity index (χ0) is 13.0. The van der Waals surface area contributed by atoms with Gasteiger partial charge in [0.25, 0.3) is 0 Å². The highest BCUT2D eigenvalue weighted by molar-refractivity contribution is 5.69. The van der Waals surface area contributed by atoms with E-state index in [1.165, 1.54) is 0 Å². The second kappa shape index (κ2) is 3.42. The first-order valence-electron chi connectivity index (χ1n) is 6.60. The van der Waals surface area contributed by atoms with Gasteiger partial charge in [0.1, 0.15) is 23.1 Å². The molecule has 19 heavy (non-hydrogen) atoms. The largest absolute Gasteiger partial charge is 0.493 e. The molecule has 1 aromatic rings. The fourth-order valence-corrected chi connectivity index (χ4v) is 3.28. The van der Waals surface area contributed by atoms with E-state index in [9.17, 15) is 10.5 Å². The molecule has 3 aliphatic rings. The summed E-state index contributed by atoms with van der Waals surface area (Å²) in [4.78, 5) is 0. The van der Waals surface area contributed by atoms with Gasteiger partial charge in [0.15, 0.2) is 0 Å². The average molecular weight is 252 g/mol. The number of rotatable bonds is 1. The van der Waals surface area contributed by atoms with Crippen LogP contribution < -0.4 is 9.47 Å². The lowest BCUT2D eigenvalue weighted by Gasteiger charge is -2.17. The van der Waals surface area contributed by atoms with Crippen LogP contribution in [0, 0.1) is 22.7 Å². The quantitative estimate of drug-likeness (QED) is 0.766. The minimum absolute atomic E-state index is 0.389. The highest BCUT2D eigenvalue weighted by Crippen LogP contribution is 2.57. The highest BCUT2D eigenvalue weighted by atomic mass is 16.5. The normalized spacial score (nSPS) is 20.5. The molecule has 0 aromatic heterocycles. The predicted octanol–water partition coefficient (Wildman–Crippen LogP) is 1.98. The summed E-state index contributed by atoms with van der Waals surface area (Å²) in [5.74, 6) is 1.52. The summed E-state index contributed by atoms with van der Waals surface area (Å²) in [6.45, 7) is 1.20. The summed E-state index contributed by atoms with van der Waals surface area (Å²) in [5, 5.41) is 18.9. The van der Waals surface area contributed by atoms with E-state index in [1.54, 1.807) is 0 Å². The Morgan fingerprint density at radius 3 is 2.26 bits per heavy atom. The molecule has 4 nitrogen and oxygen atoms in total. The average Bonchev–Trinajstić information content (AvgIpc) is 2.86. The van der Waals surface area contributed by atoms with Crippen molar-refractivity contribution in [1.82, 2.24) is 0 Å². The Bertz CT molecular complexity index is 640. The van der Waals surface area contributed by atoms with Gasteiger partial charge >= 0.3 is 0 Å². The Morgan fingerprint density at radius 1 is 0.947 bits per heavy atom. The molecular weight excluding hydrogens is 240 g/mol. The molecular formula is C15H12N2O2. The first kappa shape index (κ1) is 10.7. The minimum atomic E-state index is -0.389. The zero-order valence-corrected chi connectivity index (χ0v) is 10.5. The number of nitrogens with zero attached hydrogens (tertiary/aromatic N) is 2. The molecule has 1 fully saturated rings. The van der Waals surface area contributed by atoms with Crippen molar-refractivity contribution in [2.45, 2.75) is 31.1 Å². The van der Waals surface area contributed by atoms with Gasteiger partial charge in [0.05, 0.1) is 24.7 Å². The standard InChI is InChI=1S/C15H12N2O2/c16-7-11-9-1-5-19-14(9)12(15(8-17)3-4-15)10-2-6-18-13(10)11/h1-6H2. The van der Waals surface area contributed by atoms with Gasteiger partial charge in [-0.25, -0.2) is 0 Å². The van der Waals surface area contributed by atoms with Gasteiger partial charge in [0, 0.05) is 29.5 Å². The van der Waals surface area contributed by atoms with Crippen LogP contribution in [-0.2, 0) is 18.3 Å². The van der Waals surface area contributed by atoms with Gasteiger partial charge in [-0.05, 0) is 12.8 Å². The first-order valence-corrected chi connectivity index (χ1v) is 6.60. The van der Waals surface area contributed by atoms with Crippen LogP contribution >= 0.6 is 0 Å². The fourth-order valence-electron chi connectivity index (χ4n) is 3.28. The molecule has 94 valence electrons. The molecule has 0 bridgehead atoms. The van der Waals surface area contributed by atoms with E-state index in [0.29, 0.717) is 24.5 Å². The third-order valence-corrected chi connectivity index (χ3v) is 4.36. The molecule has 4 rings (SSSR count). The van der Waals surface area contributed by atoms with Crippen molar-refractivity contribution in [2.75, 3.05) is 13.2 Å². The maximum Gasteiger partial charge on any atom is 0.141 e. The second-order valence-corrected chi connectivity index (χ2v) is 5.37. The van der Waals surface area contributed by atoms with Gasteiger partial charge < -0.3 is 9.47 Å². The highest BCUT2D eigenvalue weighted by Gasteiger charge is 2.51. The smallest absolute Gasteiger partial charge is 0.141 e. The van der Waals surface area contributed by atoms with Crippen molar-refractivity contribution in [1.29, 1.82) is 10.5 Å². The Labute approximate surface area is 111 Å². The van der Waals surface area contributed by atoms with Gasteiger partial charge in [0.2, 0.25) is 0 Å². The number of benzene rings is 1. The van der Waals surface area contributed by atoms with Crippen LogP contribution in [0.4, 0.5) is 0 Å². The lowest BCUT2D eigenvalue weighted by Crippen LogP contribution is -2.09. The van der Waals surface area contributed by atoms with E-state index in [0.717, 1.165) is 48.1 Å². The summed E-state index contributed by atoms with van der Waals surface area (Å²) in [5.41, 5.74) is 3.24. The topological polar surface area (TPSA) is 66.0 Å². The van der Waals surface area contributed by atoms with Crippen LogP contribution in [0.3, 0.4) is 0 Å². The lowest BCUT2D eigenvalue weighted by molar-refractivity contribution is 0.351. The predicted molar refractivity (Wildman–Crippen MR) is 66.1 cm³/mol. The van der Waals surface area contributed by atoms with E-state index < -0.39 is 0 Å². The molecule has 0 N–H and O–H groups in total. The number of fused-ring (bicyclic) bond motifs is 2. The maximum absolute atomic E-state index is 9.49. The first-order chi connectivity index (χ1) is 9.30. The van der Waals surface area contributed by atoms with Gasteiger partial charge in [-0.3, -0.25) is 0 Å². The van der Waals surface area contributed by atoms with E-state index in [1.807, 2.05) is 0 Å². The molecule has 0 radical (unpaired) electrons. The molecule has 0 saturated heterocycles. The molecule has 1 aromatic carbocycles. The zero-order valence-electron chi connectivity index (χ0n) is 10.5. The Morgan fingerprint density at radius 2 is 1.63 bits per heavy atom. The molecule has 0 amide bonds.